The van der Waals surface area contributed by atoms with Gasteiger partial charge in [0.2, 0.25) is 5.95 Å². The Bertz CT molecular complexity index is 296. The maximum atomic E-state index is 12.8. The third-order valence-corrected chi connectivity index (χ3v) is 1.32. The van der Waals surface area contributed by atoms with Gasteiger partial charge < -0.3 is 4.79 Å². The fourth-order valence-electron chi connectivity index (χ4n) is 0.773. The molecular formula is C9H8FNO. The van der Waals surface area contributed by atoms with Gasteiger partial charge in [-0.05, 0) is 12.1 Å². The molecule has 1 heterocycles. The molecule has 62 valence electrons. The zero-order valence-corrected chi connectivity index (χ0v) is 6.40. The maximum Gasteiger partial charge on any atom is 0.220 e. The lowest BCUT2D eigenvalue weighted by atomic mass is 10.2. The molecule has 0 bridgehead atoms. The van der Waals surface area contributed by atoms with E-state index in [0.717, 1.165) is 6.29 Å². The molecule has 0 aliphatic heterocycles. The summed E-state index contributed by atoms with van der Waals surface area (Å²) in [6.07, 6.45) is 5.56. The van der Waals surface area contributed by atoms with Gasteiger partial charge in [0.05, 0.1) is 0 Å². The van der Waals surface area contributed by atoms with Crippen LogP contribution in [0.2, 0.25) is 0 Å². The van der Waals surface area contributed by atoms with Gasteiger partial charge in [-0.1, -0.05) is 12.2 Å². The van der Waals surface area contributed by atoms with E-state index in [1.165, 1.54) is 12.3 Å². The van der Waals surface area contributed by atoms with E-state index in [1.807, 2.05) is 0 Å². The first-order valence-electron chi connectivity index (χ1n) is 3.55. The lowest BCUT2D eigenvalue weighted by molar-refractivity contribution is -0.107. The zero-order valence-electron chi connectivity index (χ0n) is 6.40. The summed E-state index contributed by atoms with van der Waals surface area (Å²) in [5.74, 6) is -0.514. The second-order valence-corrected chi connectivity index (χ2v) is 2.19. The van der Waals surface area contributed by atoms with Crippen molar-refractivity contribution in [1.82, 2.24) is 4.98 Å². The Morgan fingerprint density at radius 2 is 2.42 bits per heavy atom. The summed E-state index contributed by atoms with van der Waals surface area (Å²) in [6, 6.07) is 3.24. The van der Waals surface area contributed by atoms with E-state index in [9.17, 15) is 9.18 Å². The molecule has 0 atom stereocenters. The van der Waals surface area contributed by atoms with E-state index >= 15 is 0 Å². The van der Waals surface area contributed by atoms with Crippen molar-refractivity contribution in [2.45, 2.75) is 6.42 Å². The van der Waals surface area contributed by atoms with Crippen molar-refractivity contribution in [3.8, 4) is 0 Å². The highest BCUT2D eigenvalue weighted by Gasteiger charge is 1.95. The number of pyridine rings is 1. The maximum absolute atomic E-state index is 12.8. The van der Waals surface area contributed by atoms with Gasteiger partial charge in [0.1, 0.15) is 6.29 Å². The molecule has 0 spiro atoms. The van der Waals surface area contributed by atoms with E-state index in [1.54, 1.807) is 18.2 Å². The normalized spacial score (nSPS) is 10.4. The van der Waals surface area contributed by atoms with Crippen molar-refractivity contribution in [3.63, 3.8) is 0 Å². The number of aldehydes is 1. The molecule has 0 amide bonds. The number of carbonyl (C=O) groups is 1. The van der Waals surface area contributed by atoms with Crippen molar-refractivity contribution in [2.24, 2.45) is 0 Å². The number of hydrogen-bond donors (Lipinski definition) is 0. The third kappa shape index (κ3) is 2.27. The Labute approximate surface area is 69.7 Å². The summed E-state index contributed by atoms with van der Waals surface area (Å²) in [6.45, 7) is 0. The number of hydrogen-bond acceptors (Lipinski definition) is 2. The largest absolute Gasteiger partial charge is 0.303 e. The van der Waals surface area contributed by atoms with Crippen LogP contribution in [0.3, 0.4) is 0 Å². The number of halogens is 1. The highest BCUT2D eigenvalue weighted by molar-refractivity contribution is 5.57. The van der Waals surface area contributed by atoms with Crippen LogP contribution < -0.4 is 0 Å². The van der Waals surface area contributed by atoms with Gasteiger partial charge >= 0.3 is 0 Å². The second-order valence-electron chi connectivity index (χ2n) is 2.19. The quantitative estimate of drug-likeness (QED) is 0.505. The van der Waals surface area contributed by atoms with Gasteiger partial charge in [-0.25, -0.2) is 4.98 Å². The Morgan fingerprint density at radius 3 is 3.08 bits per heavy atom. The fraction of sp³-hybridized carbons (Fsp3) is 0.111. The van der Waals surface area contributed by atoms with Crippen LogP contribution in [-0.4, -0.2) is 11.3 Å². The summed E-state index contributed by atoms with van der Waals surface area (Å²) < 4.78 is 12.8. The Morgan fingerprint density at radius 1 is 1.58 bits per heavy atom. The van der Waals surface area contributed by atoms with E-state index < -0.39 is 5.95 Å². The number of nitrogens with zero attached hydrogens (tertiary/aromatic N) is 1. The highest BCUT2D eigenvalue weighted by atomic mass is 19.1. The molecule has 3 heteroatoms. The number of aromatic nitrogens is 1. The predicted molar refractivity (Wildman–Crippen MR) is 43.9 cm³/mol. The molecule has 0 radical (unpaired) electrons. The van der Waals surface area contributed by atoms with Crippen molar-refractivity contribution in [2.75, 3.05) is 0 Å². The average molecular weight is 165 g/mol. The van der Waals surface area contributed by atoms with Crippen LogP contribution >= 0.6 is 0 Å². The Balaban J connectivity index is 2.74. The van der Waals surface area contributed by atoms with Gasteiger partial charge in [-0.15, -0.1) is 0 Å². The van der Waals surface area contributed by atoms with Gasteiger partial charge in [0.15, 0.2) is 0 Å². The molecule has 0 aliphatic rings. The minimum Gasteiger partial charge on any atom is -0.303 e. The highest BCUT2D eigenvalue weighted by Crippen LogP contribution is 2.05. The summed E-state index contributed by atoms with van der Waals surface area (Å²) >= 11 is 0. The van der Waals surface area contributed by atoms with E-state index in [-0.39, 0.29) is 0 Å². The summed E-state index contributed by atoms with van der Waals surface area (Å²) in [7, 11) is 0. The molecule has 1 aromatic heterocycles. The van der Waals surface area contributed by atoms with Gasteiger partial charge in [-0.3, -0.25) is 0 Å². The third-order valence-electron chi connectivity index (χ3n) is 1.32. The number of carbonyl (C=O) groups excluding carboxylic acids is 1. The second kappa shape index (κ2) is 4.38. The first-order valence-corrected chi connectivity index (χ1v) is 3.55. The summed E-state index contributed by atoms with van der Waals surface area (Å²) in [4.78, 5) is 13.4. The molecule has 1 rings (SSSR count). The van der Waals surface area contributed by atoms with Crippen LogP contribution in [0.25, 0.3) is 6.08 Å². The number of allylic oxidation sites excluding steroid dienone is 1. The van der Waals surface area contributed by atoms with Gasteiger partial charge in [-0.2, -0.15) is 4.39 Å². The molecular weight excluding hydrogens is 157 g/mol. The molecule has 0 aromatic carbocycles. The van der Waals surface area contributed by atoms with Crippen molar-refractivity contribution in [3.05, 3.63) is 35.9 Å². The average Bonchev–Trinajstić information content (AvgIpc) is 2.09. The first kappa shape index (κ1) is 8.59. The molecule has 0 saturated heterocycles. The summed E-state index contributed by atoms with van der Waals surface area (Å²) in [5, 5.41) is 0. The van der Waals surface area contributed by atoms with Gasteiger partial charge in [0.25, 0.3) is 0 Å². The molecule has 0 aliphatic carbocycles. The standard InChI is InChI=1S/C9H8FNO/c10-9-8(4-1-2-7-12)5-3-6-11-9/h1,3-7H,2H2. The summed E-state index contributed by atoms with van der Waals surface area (Å²) in [5.41, 5.74) is 0.402. The Hall–Kier alpha value is -1.51. The number of rotatable bonds is 3. The van der Waals surface area contributed by atoms with Gasteiger partial charge in [0, 0.05) is 18.2 Å². The smallest absolute Gasteiger partial charge is 0.220 e. The molecule has 0 saturated carbocycles. The molecule has 0 fully saturated rings. The van der Waals surface area contributed by atoms with Crippen LogP contribution in [0.5, 0.6) is 0 Å². The van der Waals surface area contributed by atoms with Crippen LogP contribution in [0.1, 0.15) is 12.0 Å². The van der Waals surface area contributed by atoms with Crippen LogP contribution in [0.15, 0.2) is 24.4 Å². The van der Waals surface area contributed by atoms with E-state index in [2.05, 4.69) is 4.98 Å². The van der Waals surface area contributed by atoms with Crippen LogP contribution in [0, 0.1) is 5.95 Å². The van der Waals surface area contributed by atoms with E-state index in [4.69, 9.17) is 0 Å². The monoisotopic (exact) mass is 165 g/mol. The topological polar surface area (TPSA) is 30.0 Å². The SMILES string of the molecule is O=CCC=Cc1cccnc1F. The fourth-order valence-corrected chi connectivity index (χ4v) is 0.773. The first-order chi connectivity index (χ1) is 5.84. The van der Waals surface area contributed by atoms with Crippen LogP contribution in [0.4, 0.5) is 4.39 Å². The minimum absolute atomic E-state index is 0.300. The van der Waals surface area contributed by atoms with Crippen molar-refractivity contribution >= 4 is 12.4 Å². The molecule has 12 heavy (non-hydrogen) atoms. The molecule has 1 aromatic rings. The van der Waals surface area contributed by atoms with Crippen molar-refractivity contribution < 1.29 is 9.18 Å². The molecule has 0 N–H and O–H groups in total. The lowest BCUT2D eigenvalue weighted by Gasteiger charge is -1.92. The lowest BCUT2D eigenvalue weighted by Crippen LogP contribution is -1.84. The van der Waals surface area contributed by atoms with E-state index in [0.29, 0.717) is 12.0 Å². The minimum atomic E-state index is -0.514. The zero-order chi connectivity index (χ0) is 8.81. The Kier molecular flexibility index (Phi) is 3.14. The van der Waals surface area contributed by atoms with Crippen LogP contribution in [-0.2, 0) is 4.79 Å². The predicted octanol–water partition coefficient (Wildman–Crippen LogP) is 1.82. The van der Waals surface area contributed by atoms with Crippen molar-refractivity contribution in [1.29, 1.82) is 0 Å². The molecule has 0 unspecified atom stereocenters. The molecule has 2 nitrogen and oxygen atoms in total.